The van der Waals surface area contributed by atoms with Crippen LogP contribution < -0.4 is 20.4 Å². The van der Waals surface area contributed by atoms with Crippen molar-refractivity contribution in [3.63, 3.8) is 0 Å². The van der Waals surface area contributed by atoms with Crippen LogP contribution in [0.3, 0.4) is 0 Å². The lowest BCUT2D eigenvalue weighted by atomic mass is 9.93. The smallest absolute Gasteiger partial charge is 0.264 e. The Morgan fingerprint density at radius 2 is 1.52 bits per heavy atom. The molecule has 14 heteroatoms. The predicted molar refractivity (Wildman–Crippen MR) is 241 cm³/mol. The van der Waals surface area contributed by atoms with E-state index in [1.54, 1.807) is 24.3 Å². The SMILES string of the molecule is Cc1cccc(F)c1CN1C[C@H](c2ccc(N3CCN(CCCCCCNC(=O)C4CCN(c5cccc6c5C(=O)N(C5CCC(=O)NC5=O)C6=O)CC4)CC3)cc2)[C@@H](N(C)C)C1. The van der Waals surface area contributed by atoms with Crippen LogP contribution in [0.2, 0.25) is 0 Å². The number of nitrogens with one attached hydrogen (secondary N) is 2. The number of hydrogen-bond donors (Lipinski definition) is 2. The second-order valence-corrected chi connectivity index (χ2v) is 18.4. The van der Waals surface area contributed by atoms with E-state index in [0.29, 0.717) is 62.2 Å². The molecule has 3 aromatic rings. The molecule has 5 heterocycles. The van der Waals surface area contributed by atoms with Crippen molar-refractivity contribution in [1.29, 1.82) is 0 Å². The Hall–Kier alpha value is -5.18. The van der Waals surface area contributed by atoms with E-state index < -0.39 is 29.7 Å². The maximum atomic E-state index is 14.7. The fraction of sp³-hybridized carbons (Fsp3) is 0.531. The minimum atomic E-state index is -1.01. The summed E-state index contributed by atoms with van der Waals surface area (Å²) in [7, 11) is 4.30. The lowest BCUT2D eigenvalue weighted by molar-refractivity contribution is -0.136. The van der Waals surface area contributed by atoms with Gasteiger partial charge < -0.3 is 20.0 Å². The second-order valence-electron chi connectivity index (χ2n) is 18.4. The normalized spacial score (nSPS) is 22.6. The highest BCUT2D eigenvalue weighted by atomic mass is 19.1. The molecule has 4 saturated heterocycles. The number of amides is 5. The number of anilines is 2. The van der Waals surface area contributed by atoms with E-state index in [1.807, 2.05) is 19.1 Å². The van der Waals surface area contributed by atoms with Crippen molar-refractivity contribution in [2.75, 3.05) is 89.3 Å². The Morgan fingerprint density at radius 3 is 2.24 bits per heavy atom. The molecule has 0 aliphatic carbocycles. The largest absolute Gasteiger partial charge is 0.371 e. The number of hydrogen-bond acceptors (Lipinski definition) is 10. The topological polar surface area (TPSA) is 129 Å². The van der Waals surface area contributed by atoms with Gasteiger partial charge >= 0.3 is 0 Å². The summed E-state index contributed by atoms with van der Waals surface area (Å²) < 4.78 is 14.7. The van der Waals surface area contributed by atoms with Crippen LogP contribution >= 0.6 is 0 Å². The summed E-state index contributed by atoms with van der Waals surface area (Å²) in [6.07, 6.45) is 5.77. The van der Waals surface area contributed by atoms with E-state index in [-0.39, 0.29) is 36.0 Å². The molecule has 13 nitrogen and oxygen atoms in total. The molecule has 63 heavy (non-hydrogen) atoms. The fourth-order valence-corrected chi connectivity index (χ4v) is 10.4. The van der Waals surface area contributed by atoms with Gasteiger partial charge in [-0.2, -0.15) is 0 Å². The van der Waals surface area contributed by atoms with Crippen molar-refractivity contribution in [3.8, 4) is 0 Å². The molecular formula is C49H63FN8O5. The molecule has 2 N–H and O–H groups in total. The first-order valence-corrected chi connectivity index (χ1v) is 23.0. The lowest BCUT2D eigenvalue weighted by Crippen LogP contribution is -2.54. The summed E-state index contributed by atoms with van der Waals surface area (Å²) in [5, 5.41) is 5.40. The van der Waals surface area contributed by atoms with Crippen molar-refractivity contribution in [2.45, 2.75) is 82.8 Å². The van der Waals surface area contributed by atoms with E-state index in [9.17, 15) is 28.4 Å². The first-order chi connectivity index (χ1) is 30.5. The Labute approximate surface area is 370 Å². The van der Waals surface area contributed by atoms with E-state index in [2.05, 4.69) is 73.5 Å². The molecule has 4 fully saturated rings. The summed E-state index contributed by atoms with van der Waals surface area (Å²) in [4.78, 5) is 77.0. The minimum Gasteiger partial charge on any atom is -0.371 e. The van der Waals surface area contributed by atoms with Crippen molar-refractivity contribution < 1.29 is 28.4 Å². The van der Waals surface area contributed by atoms with Gasteiger partial charge in [-0.25, -0.2) is 4.39 Å². The van der Waals surface area contributed by atoms with Crippen LogP contribution in [0.5, 0.6) is 0 Å². The first kappa shape index (κ1) is 44.4. The third-order valence-electron chi connectivity index (χ3n) is 14.2. The zero-order chi connectivity index (χ0) is 44.2. The summed E-state index contributed by atoms with van der Waals surface area (Å²) >= 11 is 0. The molecule has 5 amide bonds. The van der Waals surface area contributed by atoms with Crippen molar-refractivity contribution in [2.24, 2.45) is 5.92 Å². The third-order valence-corrected chi connectivity index (χ3v) is 14.2. The highest BCUT2D eigenvalue weighted by molar-refractivity contribution is 6.25. The van der Waals surface area contributed by atoms with Crippen LogP contribution in [-0.2, 0) is 20.9 Å². The number of piperidine rings is 2. The van der Waals surface area contributed by atoms with Crippen molar-refractivity contribution in [1.82, 2.24) is 30.2 Å². The van der Waals surface area contributed by atoms with E-state index >= 15 is 0 Å². The van der Waals surface area contributed by atoms with Crippen LogP contribution in [0, 0.1) is 18.7 Å². The Balaban J connectivity index is 0.706. The van der Waals surface area contributed by atoms with Gasteiger partial charge in [0.2, 0.25) is 17.7 Å². The molecule has 1 unspecified atom stereocenters. The number of benzene rings is 3. The zero-order valence-electron chi connectivity index (χ0n) is 37.1. The average molecular weight is 863 g/mol. The molecule has 0 radical (unpaired) electrons. The number of likely N-dealkylation sites (N-methyl/N-ethyl adjacent to an activating group) is 1. The number of aryl methyl sites for hydroxylation is 1. The number of unbranched alkanes of at least 4 members (excludes halogenated alkanes) is 3. The number of likely N-dealkylation sites (tertiary alicyclic amines) is 1. The molecule has 5 aliphatic rings. The molecule has 8 rings (SSSR count). The number of carbonyl (C=O) groups excluding carboxylic acids is 5. The molecule has 0 aromatic heterocycles. The van der Waals surface area contributed by atoms with Crippen LogP contribution in [0.15, 0.2) is 60.7 Å². The molecule has 0 saturated carbocycles. The Kier molecular flexibility index (Phi) is 13.9. The molecule has 3 aromatic carbocycles. The number of imide groups is 2. The van der Waals surface area contributed by atoms with E-state index in [1.165, 1.54) is 11.3 Å². The maximum Gasteiger partial charge on any atom is 0.264 e. The molecular weight excluding hydrogens is 800 g/mol. The summed E-state index contributed by atoms with van der Waals surface area (Å²) in [5.41, 5.74) is 5.64. The monoisotopic (exact) mass is 862 g/mol. The van der Waals surface area contributed by atoms with Crippen LogP contribution in [-0.4, -0.2) is 141 Å². The van der Waals surface area contributed by atoms with Gasteiger partial charge in [0.1, 0.15) is 11.9 Å². The maximum absolute atomic E-state index is 14.7. The Bertz CT molecular complexity index is 2150. The highest BCUT2D eigenvalue weighted by Gasteiger charge is 2.46. The highest BCUT2D eigenvalue weighted by Crippen LogP contribution is 2.37. The van der Waals surface area contributed by atoms with E-state index in [4.69, 9.17) is 0 Å². The number of halogens is 1. The quantitative estimate of drug-likeness (QED) is 0.163. The van der Waals surface area contributed by atoms with Gasteiger partial charge in [0, 0.05) is 101 Å². The molecule has 3 atom stereocenters. The first-order valence-electron chi connectivity index (χ1n) is 23.0. The summed E-state index contributed by atoms with van der Waals surface area (Å²) in [6, 6.07) is 19.1. The van der Waals surface area contributed by atoms with Crippen molar-refractivity contribution in [3.05, 3.63) is 94.3 Å². The second kappa shape index (κ2) is 19.7. The van der Waals surface area contributed by atoms with Gasteiger partial charge in [-0.15, -0.1) is 0 Å². The number of carbonyl (C=O) groups is 5. The average Bonchev–Trinajstić information content (AvgIpc) is 3.83. The Morgan fingerprint density at radius 1 is 0.794 bits per heavy atom. The third kappa shape index (κ3) is 9.83. The van der Waals surface area contributed by atoms with Crippen LogP contribution in [0.1, 0.15) is 94.7 Å². The van der Waals surface area contributed by atoms with E-state index in [0.717, 1.165) is 87.5 Å². The van der Waals surface area contributed by atoms with Gasteiger partial charge in [-0.3, -0.25) is 44.0 Å². The van der Waals surface area contributed by atoms with Crippen molar-refractivity contribution >= 4 is 40.9 Å². The van der Waals surface area contributed by atoms with Gasteiger partial charge in [0.25, 0.3) is 11.8 Å². The number of fused-ring (bicyclic) bond motifs is 1. The van der Waals surface area contributed by atoms with Gasteiger partial charge in [-0.1, -0.05) is 43.2 Å². The number of nitrogens with zero attached hydrogens (tertiary/aromatic N) is 6. The lowest BCUT2D eigenvalue weighted by Gasteiger charge is -2.36. The molecule has 336 valence electrons. The molecule has 5 aliphatic heterocycles. The number of piperazine rings is 1. The molecule has 0 bridgehead atoms. The number of rotatable bonds is 15. The van der Waals surface area contributed by atoms with Gasteiger partial charge in [0.05, 0.1) is 16.8 Å². The minimum absolute atomic E-state index is 0.0742. The fourth-order valence-electron chi connectivity index (χ4n) is 10.4. The van der Waals surface area contributed by atoms with Crippen LogP contribution in [0.4, 0.5) is 15.8 Å². The predicted octanol–water partition coefficient (Wildman–Crippen LogP) is 4.78. The molecule has 0 spiro atoms. The summed E-state index contributed by atoms with van der Waals surface area (Å²) in [6.45, 7) is 11.5. The van der Waals surface area contributed by atoms with Gasteiger partial charge in [0.15, 0.2) is 0 Å². The van der Waals surface area contributed by atoms with Crippen LogP contribution in [0.25, 0.3) is 0 Å². The van der Waals surface area contributed by atoms with Gasteiger partial charge in [-0.05, 0) is 101 Å². The standard InChI is InChI=1S/C49H63FN8O5/c1-33-10-8-12-40(50)38(33)30-55-31-39(43(32-55)53(2)3)34-14-16-36(17-15-34)56-28-26-54(27-29-56)23-7-5-4-6-22-51-46(60)35-20-24-57(25-21-35)41-13-9-11-37-45(41)49(63)58(48(37)62)42-18-19-44(59)52-47(42)61/h8-17,35,39,42-43H,4-7,18-32H2,1-3H3,(H,51,60)(H,52,59,61)/t39-,42?,43+/m1/s1. The summed E-state index contributed by atoms with van der Waals surface area (Å²) in [5.74, 6) is -1.83. The zero-order valence-corrected chi connectivity index (χ0v) is 37.1.